The molecule has 1 saturated heterocycles. The summed E-state index contributed by atoms with van der Waals surface area (Å²) in [5, 5.41) is 76.8. The van der Waals surface area contributed by atoms with Crippen LogP contribution in [0.2, 0.25) is 0 Å². The van der Waals surface area contributed by atoms with Gasteiger partial charge in [-0.15, -0.1) is 5.10 Å². The number of nitrogens with two attached hydrogens (primary N) is 1. The Kier molecular flexibility index (Phi) is 18.3. The van der Waals surface area contributed by atoms with Crippen molar-refractivity contribution < 1.29 is 68.7 Å². The largest absolute Gasteiger partial charge is 0.479 e. The fourth-order valence-electron chi connectivity index (χ4n) is 8.58. The second-order valence-corrected chi connectivity index (χ2v) is 16.3. The summed E-state index contributed by atoms with van der Waals surface area (Å²) in [7, 11) is 0. The average molecular weight is 865 g/mol. The molecule has 1 aliphatic heterocycles. The van der Waals surface area contributed by atoms with E-state index in [1.165, 1.54) is 13.8 Å². The third kappa shape index (κ3) is 12.9. The molecule has 20 heteroatoms. The molecule has 5 rings (SSSR count). The lowest BCUT2D eigenvalue weighted by Gasteiger charge is -2.48. The predicted molar refractivity (Wildman–Crippen MR) is 215 cm³/mol. The smallest absolute Gasteiger partial charge is 0.332 e. The van der Waals surface area contributed by atoms with Gasteiger partial charge in [-0.25, -0.2) is 9.48 Å². The van der Waals surface area contributed by atoms with Crippen LogP contribution >= 0.6 is 0 Å². The topological polar surface area (TPSA) is 300 Å². The Bertz CT molecular complexity index is 1670. The SMILES string of the molecule is CC(=O)NC1C(O[C@@H](CC2CCCCC2)C(=O)O)C(O)[C@H](CO)O[C@H]1OC1CC(C(=O)NCCN)C[C@@H](n2cc(-c3ccccc3)nn2)C1O[C@@H](C)OC(C)C(O)[C@H](O)CO. The van der Waals surface area contributed by atoms with Crippen LogP contribution in [0.5, 0.6) is 0 Å². The van der Waals surface area contributed by atoms with Gasteiger partial charge in [-0.05, 0) is 39.0 Å². The van der Waals surface area contributed by atoms with Gasteiger partial charge in [0.05, 0.1) is 37.7 Å². The molecule has 10 N–H and O–H groups in total. The standard InChI is InChI=1S/C41H64N6O14/c1-22(35(52)30(51)20-48)57-24(3)58-37-29(47-19-28(45-46-47)26-12-8-5-9-13-26)17-27(39(54)43-15-14-42)18-31(37)60-41-34(44-23(2)50)38(36(53)33(21-49)61-41)59-32(40(55)56)16-25-10-6-4-7-11-25/h5,8-9,12-13,19,22,24-25,27,29-38,41,48-49,51-53H,4,6-7,10-11,14-18,20-21,42H2,1-3H3,(H,43,54)(H,44,50)(H,55,56)/t22?,24-,27?,29+,30+,31?,32-,33-,34?,35?,36?,37?,38?,41+/m0/s1. The summed E-state index contributed by atoms with van der Waals surface area (Å²) >= 11 is 0. The van der Waals surface area contributed by atoms with Gasteiger partial charge in [0.15, 0.2) is 18.7 Å². The summed E-state index contributed by atoms with van der Waals surface area (Å²) in [6.45, 7) is 3.20. The maximum atomic E-state index is 13.8. The van der Waals surface area contributed by atoms with Gasteiger partial charge in [-0.2, -0.15) is 0 Å². The quantitative estimate of drug-likeness (QED) is 0.0722. The van der Waals surface area contributed by atoms with Gasteiger partial charge in [0, 0.05) is 31.5 Å². The molecule has 61 heavy (non-hydrogen) atoms. The Hall–Kier alpha value is -3.67. The van der Waals surface area contributed by atoms with E-state index in [9.17, 15) is 45.0 Å². The number of ether oxygens (including phenoxy) is 5. The number of rotatable bonds is 21. The monoisotopic (exact) mass is 864 g/mol. The Balaban J connectivity index is 1.53. The third-order valence-electron chi connectivity index (χ3n) is 11.7. The van der Waals surface area contributed by atoms with Crippen LogP contribution < -0.4 is 16.4 Å². The van der Waals surface area contributed by atoms with Gasteiger partial charge >= 0.3 is 5.97 Å². The molecule has 0 radical (unpaired) electrons. The second kappa shape index (κ2) is 23.1. The molecule has 2 aromatic rings. The van der Waals surface area contributed by atoms with E-state index in [1.807, 2.05) is 30.3 Å². The zero-order valence-electron chi connectivity index (χ0n) is 35.0. The van der Waals surface area contributed by atoms with Crippen molar-refractivity contribution in [3.05, 3.63) is 36.5 Å². The van der Waals surface area contributed by atoms with E-state index < -0.39 is 111 Å². The van der Waals surface area contributed by atoms with E-state index >= 15 is 0 Å². The van der Waals surface area contributed by atoms with E-state index in [2.05, 4.69) is 20.9 Å². The van der Waals surface area contributed by atoms with Crippen molar-refractivity contribution in [2.75, 3.05) is 26.3 Å². The van der Waals surface area contributed by atoms with Gasteiger partial charge in [0.25, 0.3) is 0 Å². The molecule has 2 saturated carbocycles. The van der Waals surface area contributed by atoms with Gasteiger partial charge < -0.3 is 70.7 Å². The van der Waals surface area contributed by atoms with Crippen LogP contribution in [-0.4, -0.2) is 163 Å². The number of aromatic nitrogens is 3. The lowest BCUT2D eigenvalue weighted by molar-refractivity contribution is -0.314. The molecule has 342 valence electrons. The fourth-order valence-corrected chi connectivity index (χ4v) is 8.58. The first-order valence-electron chi connectivity index (χ1n) is 21.2. The first kappa shape index (κ1) is 48.4. The minimum Gasteiger partial charge on any atom is -0.479 e. The van der Waals surface area contributed by atoms with Crippen LogP contribution in [0.3, 0.4) is 0 Å². The molecule has 3 fully saturated rings. The highest BCUT2D eigenvalue weighted by atomic mass is 16.7. The minimum absolute atomic E-state index is 0.00408. The molecule has 2 heterocycles. The molecule has 0 bridgehead atoms. The van der Waals surface area contributed by atoms with Crippen molar-refractivity contribution in [2.45, 2.75) is 152 Å². The number of benzene rings is 1. The maximum absolute atomic E-state index is 13.8. The second-order valence-electron chi connectivity index (χ2n) is 16.3. The predicted octanol–water partition coefficient (Wildman–Crippen LogP) is -0.402. The van der Waals surface area contributed by atoms with Crippen molar-refractivity contribution in [1.29, 1.82) is 0 Å². The number of aliphatic hydroxyl groups excluding tert-OH is 5. The summed E-state index contributed by atoms with van der Waals surface area (Å²) in [5.74, 6) is -2.84. The average Bonchev–Trinajstić information content (AvgIpc) is 3.75. The normalized spacial score (nSPS) is 29.8. The summed E-state index contributed by atoms with van der Waals surface area (Å²) in [5.41, 5.74) is 7.02. The van der Waals surface area contributed by atoms with E-state index in [0.717, 1.165) is 37.7 Å². The number of carbonyl (C=O) groups excluding carboxylic acids is 2. The molecule has 2 aliphatic carbocycles. The highest BCUT2D eigenvalue weighted by Gasteiger charge is 2.52. The van der Waals surface area contributed by atoms with E-state index in [0.29, 0.717) is 5.69 Å². The number of aliphatic hydroxyl groups is 5. The molecule has 1 aromatic carbocycles. The first-order chi connectivity index (χ1) is 29.2. The number of carboxylic acids is 1. The molecule has 1 aromatic heterocycles. The Morgan fingerprint density at radius 1 is 1.03 bits per heavy atom. The van der Waals surface area contributed by atoms with Crippen molar-refractivity contribution in [1.82, 2.24) is 25.6 Å². The lowest BCUT2D eigenvalue weighted by Crippen LogP contribution is -2.67. The van der Waals surface area contributed by atoms with E-state index in [4.69, 9.17) is 29.4 Å². The van der Waals surface area contributed by atoms with Crippen LogP contribution in [0.1, 0.15) is 78.2 Å². The molecule has 0 spiro atoms. The third-order valence-corrected chi connectivity index (χ3v) is 11.7. The number of nitrogens with one attached hydrogen (secondary N) is 2. The first-order valence-corrected chi connectivity index (χ1v) is 21.2. The summed E-state index contributed by atoms with van der Waals surface area (Å²) < 4.78 is 33.2. The van der Waals surface area contributed by atoms with Crippen molar-refractivity contribution in [3.63, 3.8) is 0 Å². The number of hydrogen-bond acceptors (Lipinski definition) is 16. The number of carbonyl (C=O) groups is 3. The highest BCUT2D eigenvalue weighted by Crippen LogP contribution is 2.40. The van der Waals surface area contributed by atoms with E-state index in [-0.39, 0.29) is 44.2 Å². The molecular formula is C41H64N6O14. The number of nitrogens with zero attached hydrogens (tertiary/aromatic N) is 3. The van der Waals surface area contributed by atoms with Crippen molar-refractivity contribution in [3.8, 4) is 11.3 Å². The molecule has 3 aliphatic rings. The number of aliphatic carboxylic acids is 1. The summed E-state index contributed by atoms with van der Waals surface area (Å²) in [6.07, 6.45) is -7.90. The van der Waals surface area contributed by atoms with Gasteiger partial charge in [-0.1, -0.05) is 67.6 Å². The summed E-state index contributed by atoms with van der Waals surface area (Å²) in [6, 6.07) is 7.16. The van der Waals surface area contributed by atoms with Crippen LogP contribution in [0.4, 0.5) is 0 Å². The molecule has 20 nitrogen and oxygen atoms in total. The van der Waals surface area contributed by atoms with Crippen molar-refractivity contribution in [2.24, 2.45) is 17.6 Å². The summed E-state index contributed by atoms with van der Waals surface area (Å²) in [4.78, 5) is 39.2. The number of carboxylic acid groups (broad SMARTS) is 1. The minimum atomic E-state index is -1.60. The van der Waals surface area contributed by atoms with Crippen LogP contribution in [0, 0.1) is 11.8 Å². The van der Waals surface area contributed by atoms with Crippen LogP contribution in [0.25, 0.3) is 11.3 Å². The van der Waals surface area contributed by atoms with Crippen molar-refractivity contribution >= 4 is 17.8 Å². The number of amides is 2. The fraction of sp³-hybridized carbons (Fsp3) is 0.732. The number of hydrogen-bond donors (Lipinski definition) is 9. The molecule has 14 atom stereocenters. The molecule has 8 unspecified atom stereocenters. The Labute approximate surface area is 355 Å². The molecular weight excluding hydrogens is 800 g/mol. The van der Waals surface area contributed by atoms with Crippen LogP contribution in [-0.2, 0) is 38.1 Å². The highest BCUT2D eigenvalue weighted by molar-refractivity contribution is 5.79. The Morgan fingerprint density at radius 3 is 2.39 bits per heavy atom. The van der Waals surface area contributed by atoms with Gasteiger partial charge in [0.1, 0.15) is 48.4 Å². The molecule has 2 amide bonds. The van der Waals surface area contributed by atoms with Crippen LogP contribution in [0.15, 0.2) is 36.5 Å². The van der Waals surface area contributed by atoms with Gasteiger partial charge in [0.2, 0.25) is 11.8 Å². The van der Waals surface area contributed by atoms with Gasteiger partial charge in [-0.3, -0.25) is 9.59 Å². The zero-order valence-corrected chi connectivity index (χ0v) is 35.0. The zero-order chi connectivity index (χ0) is 44.2. The lowest BCUT2D eigenvalue weighted by atomic mass is 9.80. The van der Waals surface area contributed by atoms with E-state index in [1.54, 1.807) is 17.8 Å². The maximum Gasteiger partial charge on any atom is 0.332 e. The Morgan fingerprint density at radius 2 is 1.75 bits per heavy atom.